The summed E-state index contributed by atoms with van der Waals surface area (Å²) in [6, 6.07) is 6.36. The molecule has 2 aliphatic heterocycles. The maximum atomic E-state index is 12.4. The quantitative estimate of drug-likeness (QED) is 0.738. The fourth-order valence-corrected chi connectivity index (χ4v) is 3.21. The van der Waals surface area contributed by atoms with Gasteiger partial charge in [0.25, 0.3) is 0 Å². The predicted octanol–water partition coefficient (Wildman–Crippen LogP) is 0.263. The van der Waals surface area contributed by atoms with Crippen molar-refractivity contribution in [2.45, 2.75) is 6.04 Å². The number of fused-ring (bicyclic) bond motifs is 1. The number of hydrogen-bond acceptors (Lipinski definition) is 4. The summed E-state index contributed by atoms with van der Waals surface area (Å²) in [5.74, 6) is -1.39. The molecule has 7 nitrogen and oxygen atoms in total. The summed E-state index contributed by atoms with van der Waals surface area (Å²) in [6.07, 6.45) is 0. The average Bonchev–Trinajstić information content (AvgIpc) is 2.59. The van der Waals surface area contributed by atoms with Gasteiger partial charge in [-0.2, -0.15) is 0 Å². The minimum atomic E-state index is -0.742. The Hall–Kier alpha value is -2.12. The Balaban J connectivity index is 1.66. The second-order valence-electron chi connectivity index (χ2n) is 6.00. The number of benzene rings is 1. The summed E-state index contributed by atoms with van der Waals surface area (Å²) in [5, 5.41) is 2.90. The van der Waals surface area contributed by atoms with Crippen LogP contribution in [0.3, 0.4) is 0 Å². The van der Waals surface area contributed by atoms with Crippen LogP contribution in [0.2, 0.25) is 5.02 Å². The van der Waals surface area contributed by atoms with E-state index in [2.05, 4.69) is 10.2 Å². The fraction of sp³-hybridized carbons (Fsp3) is 0.438. The van der Waals surface area contributed by atoms with Gasteiger partial charge in [-0.3, -0.25) is 19.3 Å². The van der Waals surface area contributed by atoms with E-state index in [0.717, 1.165) is 6.54 Å². The molecule has 128 valence electrons. The first-order valence-corrected chi connectivity index (χ1v) is 8.19. The van der Waals surface area contributed by atoms with Crippen molar-refractivity contribution in [3.63, 3.8) is 0 Å². The molecule has 1 aromatic carbocycles. The largest absolute Gasteiger partial charge is 0.343 e. The lowest BCUT2D eigenvalue weighted by Crippen LogP contribution is -2.65. The number of para-hydroxylation sites is 1. The van der Waals surface area contributed by atoms with Gasteiger partial charge in [-0.05, 0) is 12.1 Å². The molecule has 2 aliphatic rings. The van der Waals surface area contributed by atoms with Gasteiger partial charge in [-0.25, -0.2) is 0 Å². The summed E-state index contributed by atoms with van der Waals surface area (Å²) >= 11 is 5.99. The van der Waals surface area contributed by atoms with Crippen LogP contribution < -0.4 is 5.32 Å². The second-order valence-corrected chi connectivity index (χ2v) is 6.40. The maximum Gasteiger partial charge on any atom is 0.313 e. The predicted molar refractivity (Wildman–Crippen MR) is 89.7 cm³/mol. The van der Waals surface area contributed by atoms with Gasteiger partial charge in [0.1, 0.15) is 6.04 Å². The molecule has 0 spiro atoms. The Bertz CT molecular complexity index is 681. The van der Waals surface area contributed by atoms with E-state index in [0.29, 0.717) is 30.3 Å². The van der Waals surface area contributed by atoms with Crippen LogP contribution in [-0.2, 0) is 14.4 Å². The van der Waals surface area contributed by atoms with Crippen molar-refractivity contribution in [1.29, 1.82) is 0 Å². The molecular formula is C16H19ClN4O3. The first-order chi connectivity index (χ1) is 11.5. The van der Waals surface area contributed by atoms with Gasteiger partial charge in [0.15, 0.2) is 0 Å². The molecule has 0 aliphatic carbocycles. The van der Waals surface area contributed by atoms with Crippen LogP contribution >= 0.6 is 11.6 Å². The third-order valence-corrected chi connectivity index (χ3v) is 4.81. The number of piperazine rings is 2. The summed E-state index contributed by atoms with van der Waals surface area (Å²) in [7, 11) is 1.75. The first-order valence-electron chi connectivity index (χ1n) is 7.81. The first kappa shape index (κ1) is 16.7. The highest BCUT2D eigenvalue weighted by atomic mass is 35.5. The van der Waals surface area contributed by atoms with E-state index < -0.39 is 11.8 Å². The number of rotatable bonds is 1. The number of anilines is 1. The SMILES string of the molecule is CN1CCN2CCN(C(=O)C(=O)Nc3ccccc3Cl)C[C@@H]2C1=O. The molecule has 0 bridgehead atoms. The van der Waals surface area contributed by atoms with Crippen LogP contribution in [0.4, 0.5) is 5.69 Å². The van der Waals surface area contributed by atoms with Crippen molar-refractivity contribution < 1.29 is 14.4 Å². The Kier molecular flexibility index (Phi) is 4.73. The van der Waals surface area contributed by atoms with E-state index in [1.165, 1.54) is 4.90 Å². The van der Waals surface area contributed by atoms with Gasteiger partial charge in [0.2, 0.25) is 5.91 Å². The lowest BCUT2D eigenvalue weighted by molar-refractivity contribution is -0.151. The minimum Gasteiger partial charge on any atom is -0.343 e. The Morgan fingerprint density at radius 3 is 2.62 bits per heavy atom. The highest BCUT2D eigenvalue weighted by molar-refractivity contribution is 6.41. The lowest BCUT2D eigenvalue weighted by atomic mass is 10.1. The van der Waals surface area contributed by atoms with Gasteiger partial charge in [-0.15, -0.1) is 0 Å². The summed E-state index contributed by atoms with van der Waals surface area (Å²) in [6.45, 7) is 2.74. The smallest absolute Gasteiger partial charge is 0.313 e. The molecule has 0 saturated carbocycles. The second kappa shape index (κ2) is 6.78. The van der Waals surface area contributed by atoms with Crippen LogP contribution in [-0.4, -0.2) is 78.2 Å². The standard InChI is InChI=1S/C16H19ClN4O3/c1-19-6-7-20-8-9-21(10-13(20)15(19)23)16(24)14(22)18-12-5-3-2-4-11(12)17/h2-5,13H,6-10H2,1H3,(H,18,22)/t13-/m1/s1. The zero-order valence-electron chi connectivity index (χ0n) is 13.4. The number of carbonyl (C=O) groups excluding carboxylic acids is 3. The van der Waals surface area contributed by atoms with Gasteiger partial charge in [0, 0.05) is 39.8 Å². The summed E-state index contributed by atoms with van der Waals surface area (Å²) in [5.41, 5.74) is 0.393. The van der Waals surface area contributed by atoms with Gasteiger partial charge < -0.3 is 15.1 Å². The molecule has 1 aromatic rings. The number of carbonyl (C=O) groups is 3. The van der Waals surface area contributed by atoms with Crippen LogP contribution in [0.25, 0.3) is 0 Å². The summed E-state index contributed by atoms with van der Waals surface area (Å²) in [4.78, 5) is 42.0. The number of nitrogens with one attached hydrogen (secondary N) is 1. The number of likely N-dealkylation sites (N-methyl/N-ethyl adjacent to an activating group) is 1. The molecule has 3 rings (SSSR count). The van der Waals surface area contributed by atoms with E-state index in [1.54, 1.807) is 36.2 Å². The number of amides is 3. The minimum absolute atomic E-state index is 0.00902. The Morgan fingerprint density at radius 2 is 1.88 bits per heavy atom. The maximum absolute atomic E-state index is 12.4. The van der Waals surface area contributed by atoms with Gasteiger partial charge in [0.05, 0.1) is 10.7 Å². The molecular weight excluding hydrogens is 332 g/mol. The number of nitrogens with zero attached hydrogens (tertiary/aromatic N) is 3. The van der Waals surface area contributed by atoms with Crippen molar-refractivity contribution in [2.24, 2.45) is 0 Å². The van der Waals surface area contributed by atoms with Crippen LogP contribution in [0.15, 0.2) is 24.3 Å². The van der Waals surface area contributed by atoms with Crippen molar-refractivity contribution in [2.75, 3.05) is 45.1 Å². The number of hydrogen-bond donors (Lipinski definition) is 1. The molecule has 0 radical (unpaired) electrons. The van der Waals surface area contributed by atoms with Crippen molar-refractivity contribution >= 4 is 35.0 Å². The van der Waals surface area contributed by atoms with Gasteiger partial charge >= 0.3 is 11.8 Å². The third kappa shape index (κ3) is 3.22. The van der Waals surface area contributed by atoms with Crippen LogP contribution in [0, 0.1) is 0 Å². The van der Waals surface area contributed by atoms with E-state index in [1.807, 2.05) is 0 Å². The zero-order valence-corrected chi connectivity index (χ0v) is 14.1. The molecule has 2 saturated heterocycles. The number of halogens is 1. The third-order valence-electron chi connectivity index (χ3n) is 4.48. The Labute approximate surface area is 145 Å². The highest BCUT2D eigenvalue weighted by Crippen LogP contribution is 2.21. The van der Waals surface area contributed by atoms with Crippen molar-refractivity contribution in [1.82, 2.24) is 14.7 Å². The normalized spacial score (nSPS) is 21.4. The zero-order chi connectivity index (χ0) is 17.3. The van der Waals surface area contributed by atoms with Crippen LogP contribution in [0.5, 0.6) is 0 Å². The molecule has 3 amide bonds. The van der Waals surface area contributed by atoms with E-state index in [9.17, 15) is 14.4 Å². The molecule has 2 heterocycles. The molecule has 2 fully saturated rings. The molecule has 8 heteroatoms. The Morgan fingerprint density at radius 1 is 1.17 bits per heavy atom. The van der Waals surface area contributed by atoms with Gasteiger partial charge in [-0.1, -0.05) is 23.7 Å². The van der Waals surface area contributed by atoms with Crippen LogP contribution in [0.1, 0.15) is 0 Å². The summed E-state index contributed by atoms with van der Waals surface area (Å²) < 4.78 is 0. The molecule has 0 aromatic heterocycles. The fourth-order valence-electron chi connectivity index (χ4n) is 3.03. The van der Waals surface area contributed by atoms with Crippen molar-refractivity contribution in [3.8, 4) is 0 Å². The van der Waals surface area contributed by atoms with Crippen molar-refractivity contribution in [3.05, 3.63) is 29.3 Å². The average molecular weight is 351 g/mol. The topological polar surface area (TPSA) is 73.0 Å². The van der Waals surface area contributed by atoms with E-state index >= 15 is 0 Å². The van der Waals surface area contributed by atoms with E-state index in [4.69, 9.17) is 11.6 Å². The molecule has 1 N–H and O–H groups in total. The molecule has 0 unspecified atom stereocenters. The monoisotopic (exact) mass is 350 g/mol. The highest BCUT2D eigenvalue weighted by Gasteiger charge is 2.39. The molecule has 1 atom stereocenters. The van der Waals surface area contributed by atoms with E-state index in [-0.39, 0.29) is 18.5 Å². The molecule has 24 heavy (non-hydrogen) atoms. The lowest BCUT2D eigenvalue weighted by Gasteiger charge is -2.45.